The van der Waals surface area contributed by atoms with Gasteiger partial charge in [-0.05, 0) is 29.8 Å². The van der Waals surface area contributed by atoms with Gasteiger partial charge in [0, 0.05) is 36.1 Å². The topological polar surface area (TPSA) is 54.9 Å². The van der Waals surface area contributed by atoms with Crippen LogP contribution in [0.1, 0.15) is 15.9 Å². The van der Waals surface area contributed by atoms with Crippen molar-refractivity contribution in [2.24, 2.45) is 0 Å². The Morgan fingerprint density at radius 3 is 2.85 bits per heavy atom. The highest BCUT2D eigenvalue weighted by Crippen LogP contribution is 2.13. The smallest absolute Gasteiger partial charge is 0.251 e. The molecular formula is C16H13N3O. The molecule has 4 nitrogen and oxygen atoms in total. The van der Waals surface area contributed by atoms with E-state index in [-0.39, 0.29) is 5.91 Å². The third-order valence-electron chi connectivity index (χ3n) is 3.04. The van der Waals surface area contributed by atoms with Gasteiger partial charge >= 0.3 is 0 Å². The first kappa shape index (κ1) is 12.3. The monoisotopic (exact) mass is 263 g/mol. The van der Waals surface area contributed by atoms with E-state index < -0.39 is 0 Å². The molecule has 0 spiro atoms. The molecule has 0 saturated carbocycles. The molecule has 0 unspecified atom stereocenters. The van der Waals surface area contributed by atoms with E-state index in [0.29, 0.717) is 12.1 Å². The molecule has 0 fully saturated rings. The highest BCUT2D eigenvalue weighted by Gasteiger charge is 2.06. The minimum Gasteiger partial charge on any atom is -0.348 e. The van der Waals surface area contributed by atoms with Crippen molar-refractivity contribution in [3.63, 3.8) is 0 Å². The van der Waals surface area contributed by atoms with Crippen LogP contribution in [-0.4, -0.2) is 15.9 Å². The number of benzene rings is 1. The van der Waals surface area contributed by atoms with E-state index >= 15 is 0 Å². The van der Waals surface area contributed by atoms with Gasteiger partial charge in [0.1, 0.15) is 0 Å². The van der Waals surface area contributed by atoms with Crippen LogP contribution in [0.5, 0.6) is 0 Å². The molecule has 3 rings (SSSR count). The van der Waals surface area contributed by atoms with Gasteiger partial charge in [-0.2, -0.15) is 0 Å². The molecule has 2 heterocycles. The van der Waals surface area contributed by atoms with Crippen LogP contribution in [0, 0.1) is 0 Å². The van der Waals surface area contributed by atoms with Crippen LogP contribution in [0.15, 0.2) is 61.1 Å². The summed E-state index contributed by atoms with van der Waals surface area (Å²) in [6.07, 6.45) is 5.17. The van der Waals surface area contributed by atoms with Gasteiger partial charge in [0.2, 0.25) is 0 Å². The van der Waals surface area contributed by atoms with E-state index in [9.17, 15) is 4.79 Å². The maximum absolute atomic E-state index is 12.1. The van der Waals surface area contributed by atoms with Gasteiger partial charge in [0.15, 0.2) is 0 Å². The lowest BCUT2D eigenvalue weighted by Gasteiger charge is -2.06. The molecule has 2 aromatic heterocycles. The molecule has 0 atom stereocenters. The number of fused-ring (bicyclic) bond motifs is 1. The van der Waals surface area contributed by atoms with Gasteiger partial charge in [-0.15, -0.1) is 0 Å². The van der Waals surface area contributed by atoms with Gasteiger partial charge < -0.3 is 5.32 Å². The normalized spacial score (nSPS) is 10.4. The molecule has 0 radical (unpaired) electrons. The minimum absolute atomic E-state index is 0.110. The third-order valence-corrected chi connectivity index (χ3v) is 3.04. The quantitative estimate of drug-likeness (QED) is 0.790. The molecule has 20 heavy (non-hydrogen) atoms. The standard InChI is InChI=1S/C16H13N3O/c20-16(19-11-12-3-1-7-17-10-12)14-6-5-13-4-2-8-18-15(13)9-14/h1-10H,11H2,(H,19,20). The number of carbonyl (C=O) groups is 1. The van der Waals surface area contributed by atoms with E-state index in [0.717, 1.165) is 16.5 Å². The summed E-state index contributed by atoms with van der Waals surface area (Å²) in [4.78, 5) is 20.4. The van der Waals surface area contributed by atoms with Gasteiger partial charge in [-0.1, -0.05) is 18.2 Å². The number of pyridine rings is 2. The van der Waals surface area contributed by atoms with Crippen molar-refractivity contribution in [3.05, 3.63) is 72.2 Å². The molecule has 3 aromatic rings. The summed E-state index contributed by atoms with van der Waals surface area (Å²) in [6.45, 7) is 0.465. The van der Waals surface area contributed by atoms with Crippen LogP contribution >= 0.6 is 0 Å². The first-order chi connectivity index (χ1) is 9.83. The van der Waals surface area contributed by atoms with Crippen molar-refractivity contribution in [1.29, 1.82) is 0 Å². The number of rotatable bonds is 3. The largest absolute Gasteiger partial charge is 0.348 e. The van der Waals surface area contributed by atoms with Crippen molar-refractivity contribution >= 4 is 16.8 Å². The van der Waals surface area contributed by atoms with E-state index in [1.165, 1.54) is 0 Å². The number of nitrogens with one attached hydrogen (secondary N) is 1. The predicted octanol–water partition coefficient (Wildman–Crippen LogP) is 2.56. The molecule has 1 amide bonds. The number of amides is 1. The second-order valence-electron chi connectivity index (χ2n) is 4.45. The molecular weight excluding hydrogens is 250 g/mol. The summed E-state index contributed by atoms with van der Waals surface area (Å²) in [5.74, 6) is -0.110. The van der Waals surface area contributed by atoms with Crippen LogP contribution < -0.4 is 5.32 Å². The number of carbonyl (C=O) groups excluding carboxylic acids is 1. The molecule has 0 aliphatic heterocycles. The fraction of sp³-hybridized carbons (Fsp3) is 0.0625. The van der Waals surface area contributed by atoms with E-state index in [4.69, 9.17) is 0 Å². The zero-order chi connectivity index (χ0) is 13.8. The van der Waals surface area contributed by atoms with Crippen LogP contribution in [0.25, 0.3) is 10.9 Å². The number of hydrogen-bond acceptors (Lipinski definition) is 3. The summed E-state index contributed by atoms with van der Waals surface area (Å²) in [7, 11) is 0. The number of hydrogen-bond donors (Lipinski definition) is 1. The second kappa shape index (κ2) is 5.48. The van der Waals surface area contributed by atoms with E-state index in [1.54, 1.807) is 24.7 Å². The Labute approximate surface area is 116 Å². The minimum atomic E-state index is -0.110. The van der Waals surface area contributed by atoms with Crippen LogP contribution in [-0.2, 0) is 6.54 Å². The van der Waals surface area contributed by atoms with Crippen molar-refractivity contribution < 1.29 is 4.79 Å². The zero-order valence-corrected chi connectivity index (χ0v) is 10.8. The van der Waals surface area contributed by atoms with Crippen molar-refractivity contribution in [3.8, 4) is 0 Å². The first-order valence-corrected chi connectivity index (χ1v) is 6.35. The van der Waals surface area contributed by atoms with Crippen LogP contribution in [0.2, 0.25) is 0 Å². The van der Waals surface area contributed by atoms with Gasteiger partial charge in [-0.3, -0.25) is 14.8 Å². The Hall–Kier alpha value is -2.75. The van der Waals surface area contributed by atoms with Gasteiger partial charge in [-0.25, -0.2) is 0 Å². The van der Waals surface area contributed by atoms with E-state index in [1.807, 2.05) is 36.4 Å². The van der Waals surface area contributed by atoms with Gasteiger partial charge in [0.05, 0.1) is 5.52 Å². The summed E-state index contributed by atoms with van der Waals surface area (Å²) in [6, 6.07) is 13.1. The molecule has 1 aromatic carbocycles. The molecule has 1 N–H and O–H groups in total. The molecule has 98 valence electrons. The molecule has 0 saturated heterocycles. The second-order valence-corrected chi connectivity index (χ2v) is 4.45. The summed E-state index contributed by atoms with van der Waals surface area (Å²) >= 11 is 0. The lowest BCUT2D eigenvalue weighted by atomic mass is 10.1. The fourth-order valence-corrected chi connectivity index (χ4v) is 1.99. The molecule has 0 aliphatic carbocycles. The number of nitrogens with zero attached hydrogens (tertiary/aromatic N) is 2. The summed E-state index contributed by atoms with van der Waals surface area (Å²) < 4.78 is 0. The Bertz CT molecular complexity index is 741. The predicted molar refractivity (Wildman–Crippen MR) is 77.2 cm³/mol. The summed E-state index contributed by atoms with van der Waals surface area (Å²) in [5, 5.41) is 3.90. The molecule has 0 bridgehead atoms. The highest BCUT2D eigenvalue weighted by atomic mass is 16.1. The number of aromatic nitrogens is 2. The Kier molecular flexibility index (Phi) is 3.37. The Morgan fingerprint density at radius 1 is 1.10 bits per heavy atom. The van der Waals surface area contributed by atoms with E-state index in [2.05, 4.69) is 15.3 Å². The van der Waals surface area contributed by atoms with Crippen molar-refractivity contribution in [2.45, 2.75) is 6.54 Å². The first-order valence-electron chi connectivity index (χ1n) is 6.35. The Morgan fingerprint density at radius 2 is 2.00 bits per heavy atom. The average molecular weight is 263 g/mol. The highest BCUT2D eigenvalue weighted by molar-refractivity contribution is 5.97. The summed E-state index contributed by atoms with van der Waals surface area (Å²) in [5.41, 5.74) is 2.40. The molecule has 0 aliphatic rings. The maximum atomic E-state index is 12.1. The lowest BCUT2D eigenvalue weighted by molar-refractivity contribution is 0.0951. The average Bonchev–Trinajstić information content (AvgIpc) is 2.53. The third kappa shape index (κ3) is 2.64. The van der Waals surface area contributed by atoms with Gasteiger partial charge in [0.25, 0.3) is 5.91 Å². The van der Waals surface area contributed by atoms with Crippen LogP contribution in [0.3, 0.4) is 0 Å². The lowest BCUT2D eigenvalue weighted by Crippen LogP contribution is -2.22. The Balaban J connectivity index is 1.75. The van der Waals surface area contributed by atoms with Crippen molar-refractivity contribution in [2.75, 3.05) is 0 Å². The van der Waals surface area contributed by atoms with Crippen molar-refractivity contribution in [1.82, 2.24) is 15.3 Å². The zero-order valence-electron chi connectivity index (χ0n) is 10.8. The molecule has 4 heteroatoms. The van der Waals surface area contributed by atoms with Crippen LogP contribution in [0.4, 0.5) is 0 Å². The fourth-order valence-electron chi connectivity index (χ4n) is 1.99. The SMILES string of the molecule is O=C(NCc1cccnc1)c1ccc2cccnc2c1. The maximum Gasteiger partial charge on any atom is 0.251 e.